The van der Waals surface area contributed by atoms with E-state index in [4.69, 9.17) is 0 Å². The molecular formula is C13H20BrN5S. The summed E-state index contributed by atoms with van der Waals surface area (Å²) in [5.74, 6) is 0. The number of nitrogens with zero attached hydrogens (tertiary/aromatic N) is 4. The van der Waals surface area contributed by atoms with Crippen molar-refractivity contribution in [1.29, 1.82) is 0 Å². The maximum Gasteiger partial charge on any atom is 0.0801 e. The predicted octanol–water partition coefficient (Wildman–Crippen LogP) is 2.80. The third-order valence-electron chi connectivity index (χ3n) is 3.35. The molecule has 20 heavy (non-hydrogen) atoms. The standard InChI is InChI=1S/C13H20BrN5S/c1-5-9-13(20-18-16-9)10(15-6-2)7-11-12(14)8(3)17-19(11)4/h10,15H,5-7H2,1-4H3. The molecule has 5 nitrogen and oxygen atoms in total. The lowest BCUT2D eigenvalue weighted by Gasteiger charge is -2.17. The number of nitrogens with one attached hydrogen (secondary N) is 1. The van der Waals surface area contributed by atoms with E-state index in [-0.39, 0.29) is 6.04 Å². The first-order valence-corrected chi connectivity index (χ1v) is 8.37. The summed E-state index contributed by atoms with van der Waals surface area (Å²) >= 11 is 5.13. The van der Waals surface area contributed by atoms with Gasteiger partial charge < -0.3 is 5.32 Å². The van der Waals surface area contributed by atoms with Gasteiger partial charge in [-0.05, 0) is 47.4 Å². The number of hydrogen-bond acceptors (Lipinski definition) is 5. The Kier molecular flexibility index (Phi) is 5.29. The molecule has 7 heteroatoms. The highest BCUT2D eigenvalue weighted by molar-refractivity contribution is 9.10. The molecule has 1 atom stereocenters. The predicted molar refractivity (Wildman–Crippen MR) is 85.1 cm³/mol. The Labute approximate surface area is 132 Å². The van der Waals surface area contributed by atoms with E-state index in [0.717, 1.165) is 35.2 Å². The third kappa shape index (κ3) is 3.10. The average Bonchev–Trinajstić information content (AvgIpc) is 2.98. The van der Waals surface area contributed by atoms with Crippen LogP contribution in [-0.2, 0) is 19.9 Å². The first kappa shape index (κ1) is 15.6. The lowest BCUT2D eigenvalue weighted by atomic mass is 10.1. The molecule has 0 fully saturated rings. The molecule has 0 bridgehead atoms. The van der Waals surface area contributed by atoms with Gasteiger partial charge in [0.1, 0.15) is 0 Å². The minimum Gasteiger partial charge on any atom is -0.309 e. The molecule has 0 aliphatic rings. The largest absolute Gasteiger partial charge is 0.309 e. The molecule has 110 valence electrons. The van der Waals surface area contributed by atoms with Crippen molar-refractivity contribution < 1.29 is 0 Å². The summed E-state index contributed by atoms with van der Waals surface area (Å²) in [4.78, 5) is 1.24. The SMILES string of the molecule is CCNC(Cc1c(Br)c(C)nn1C)c1snnc1CC. The summed E-state index contributed by atoms with van der Waals surface area (Å²) in [7, 11) is 1.99. The molecule has 0 aliphatic heterocycles. The van der Waals surface area contributed by atoms with E-state index in [0.29, 0.717) is 0 Å². The fraction of sp³-hybridized carbons (Fsp3) is 0.615. The van der Waals surface area contributed by atoms with E-state index in [2.05, 4.69) is 49.8 Å². The molecule has 0 aromatic carbocycles. The Balaban J connectivity index is 2.30. The average molecular weight is 358 g/mol. The van der Waals surface area contributed by atoms with Crippen LogP contribution in [0, 0.1) is 6.92 Å². The Hall–Kier alpha value is -0.790. The minimum atomic E-state index is 0.237. The monoisotopic (exact) mass is 357 g/mol. The topological polar surface area (TPSA) is 55.6 Å². The van der Waals surface area contributed by atoms with Gasteiger partial charge in [-0.15, -0.1) is 5.10 Å². The zero-order valence-electron chi connectivity index (χ0n) is 12.3. The summed E-state index contributed by atoms with van der Waals surface area (Å²) in [6.45, 7) is 7.17. The van der Waals surface area contributed by atoms with Crippen molar-refractivity contribution in [2.24, 2.45) is 7.05 Å². The van der Waals surface area contributed by atoms with E-state index in [1.54, 1.807) is 0 Å². The van der Waals surface area contributed by atoms with Crippen molar-refractivity contribution in [3.8, 4) is 0 Å². The Bertz CT molecular complexity index is 577. The lowest BCUT2D eigenvalue weighted by molar-refractivity contribution is 0.530. The number of halogens is 1. The highest BCUT2D eigenvalue weighted by Gasteiger charge is 2.22. The van der Waals surface area contributed by atoms with Gasteiger partial charge in [0.25, 0.3) is 0 Å². The van der Waals surface area contributed by atoms with Crippen molar-refractivity contribution in [2.75, 3.05) is 6.54 Å². The van der Waals surface area contributed by atoms with E-state index in [1.165, 1.54) is 22.1 Å². The second-order valence-electron chi connectivity index (χ2n) is 4.72. The van der Waals surface area contributed by atoms with Gasteiger partial charge in [0.05, 0.1) is 32.5 Å². The highest BCUT2D eigenvalue weighted by Crippen LogP contribution is 2.28. The summed E-state index contributed by atoms with van der Waals surface area (Å²) < 4.78 is 7.15. The van der Waals surface area contributed by atoms with Gasteiger partial charge in [0.2, 0.25) is 0 Å². The summed E-state index contributed by atoms with van der Waals surface area (Å²) in [5, 5.41) is 12.2. The van der Waals surface area contributed by atoms with Crippen LogP contribution in [0.1, 0.15) is 41.8 Å². The quantitative estimate of drug-likeness (QED) is 0.863. The summed E-state index contributed by atoms with van der Waals surface area (Å²) in [5.41, 5.74) is 3.32. The van der Waals surface area contributed by atoms with Crippen LogP contribution in [0.2, 0.25) is 0 Å². The zero-order chi connectivity index (χ0) is 14.7. The third-order valence-corrected chi connectivity index (χ3v) is 5.26. The molecule has 0 radical (unpaired) electrons. The number of hydrogen-bond donors (Lipinski definition) is 1. The molecule has 2 aromatic rings. The molecule has 0 saturated heterocycles. The lowest BCUT2D eigenvalue weighted by Crippen LogP contribution is -2.24. The molecule has 1 unspecified atom stereocenters. The van der Waals surface area contributed by atoms with Crippen LogP contribution in [0.25, 0.3) is 0 Å². The van der Waals surface area contributed by atoms with Crippen LogP contribution in [0.5, 0.6) is 0 Å². The molecule has 2 aromatic heterocycles. The Morgan fingerprint density at radius 2 is 2.15 bits per heavy atom. The van der Waals surface area contributed by atoms with Crippen molar-refractivity contribution in [3.63, 3.8) is 0 Å². The van der Waals surface area contributed by atoms with Gasteiger partial charge >= 0.3 is 0 Å². The normalized spacial score (nSPS) is 12.8. The van der Waals surface area contributed by atoms with Crippen molar-refractivity contribution in [1.82, 2.24) is 24.7 Å². The first-order chi connectivity index (χ1) is 9.58. The van der Waals surface area contributed by atoms with Crippen LogP contribution in [0.3, 0.4) is 0 Å². The van der Waals surface area contributed by atoms with Gasteiger partial charge in [-0.2, -0.15) is 5.10 Å². The van der Waals surface area contributed by atoms with Crippen LogP contribution < -0.4 is 5.32 Å². The van der Waals surface area contributed by atoms with Crippen LogP contribution in [0.4, 0.5) is 0 Å². The van der Waals surface area contributed by atoms with Crippen LogP contribution in [-0.4, -0.2) is 25.9 Å². The minimum absolute atomic E-state index is 0.237. The molecule has 0 aliphatic carbocycles. The Morgan fingerprint density at radius 3 is 2.70 bits per heavy atom. The van der Waals surface area contributed by atoms with Gasteiger partial charge in [-0.1, -0.05) is 18.3 Å². The maximum atomic E-state index is 4.46. The summed E-state index contributed by atoms with van der Waals surface area (Å²) in [6, 6.07) is 0.237. The molecule has 1 N–H and O–H groups in total. The maximum absolute atomic E-state index is 4.46. The van der Waals surface area contributed by atoms with E-state index < -0.39 is 0 Å². The number of aryl methyl sites for hydroxylation is 3. The van der Waals surface area contributed by atoms with Crippen LogP contribution >= 0.6 is 27.5 Å². The van der Waals surface area contributed by atoms with Crippen molar-refractivity contribution in [3.05, 3.63) is 26.4 Å². The van der Waals surface area contributed by atoms with Crippen molar-refractivity contribution >= 4 is 27.5 Å². The van der Waals surface area contributed by atoms with E-state index in [9.17, 15) is 0 Å². The molecule has 0 saturated carbocycles. The molecular weight excluding hydrogens is 338 g/mol. The summed E-state index contributed by atoms with van der Waals surface area (Å²) in [6.07, 6.45) is 1.79. The van der Waals surface area contributed by atoms with E-state index >= 15 is 0 Å². The number of likely N-dealkylation sites (N-methyl/N-ethyl adjacent to an activating group) is 1. The van der Waals surface area contributed by atoms with Gasteiger partial charge in [-0.25, -0.2) is 0 Å². The smallest absolute Gasteiger partial charge is 0.0801 e. The Morgan fingerprint density at radius 1 is 1.40 bits per heavy atom. The highest BCUT2D eigenvalue weighted by atomic mass is 79.9. The van der Waals surface area contributed by atoms with Gasteiger partial charge in [0.15, 0.2) is 0 Å². The first-order valence-electron chi connectivity index (χ1n) is 6.80. The van der Waals surface area contributed by atoms with Gasteiger partial charge in [0, 0.05) is 13.5 Å². The molecule has 0 spiro atoms. The second kappa shape index (κ2) is 6.78. The van der Waals surface area contributed by atoms with Crippen LogP contribution in [0.15, 0.2) is 4.47 Å². The molecule has 2 rings (SSSR count). The molecule has 2 heterocycles. The number of rotatable bonds is 6. The van der Waals surface area contributed by atoms with Crippen molar-refractivity contribution in [2.45, 2.75) is 39.7 Å². The second-order valence-corrected chi connectivity index (χ2v) is 6.30. The van der Waals surface area contributed by atoms with E-state index in [1.807, 2.05) is 18.7 Å². The zero-order valence-corrected chi connectivity index (χ0v) is 14.7. The molecule has 0 amide bonds. The fourth-order valence-electron chi connectivity index (χ4n) is 2.32. The van der Waals surface area contributed by atoms with Gasteiger partial charge in [-0.3, -0.25) is 4.68 Å². The number of aromatic nitrogens is 4. The fourth-order valence-corrected chi connectivity index (χ4v) is 3.63.